The van der Waals surface area contributed by atoms with Crippen LogP contribution in [0.25, 0.3) is 0 Å². The molecule has 0 aromatic heterocycles. The van der Waals surface area contributed by atoms with Gasteiger partial charge in [0.1, 0.15) is 0 Å². The van der Waals surface area contributed by atoms with Crippen LogP contribution in [0.15, 0.2) is 0 Å². The highest BCUT2D eigenvalue weighted by Crippen LogP contribution is 2.43. The number of hydrogen-bond donors (Lipinski definition) is 1. The number of carboxylic acid groups (broad SMARTS) is 1. The number of carbonyl (C=O) groups is 1. The van der Waals surface area contributed by atoms with Gasteiger partial charge < -0.3 is 5.11 Å². The van der Waals surface area contributed by atoms with E-state index in [2.05, 4.69) is 18.7 Å². The normalized spacial score (nSPS) is 30.8. The summed E-state index contributed by atoms with van der Waals surface area (Å²) in [6.07, 6.45) is 9.39. The van der Waals surface area contributed by atoms with Crippen LogP contribution in [0, 0.1) is 11.3 Å². The van der Waals surface area contributed by atoms with Crippen molar-refractivity contribution in [3.63, 3.8) is 0 Å². The summed E-state index contributed by atoms with van der Waals surface area (Å²) in [4.78, 5) is 13.9. The lowest BCUT2D eigenvalue weighted by molar-refractivity contribution is -0.150. The molecule has 1 heterocycles. The van der Waals surface area contributed by atoms with Crippen LogP contribution >= 0.6 is 0 Å². The Balaban J connectivity index is 1.95. The van der Waals surface area contributed by atoms with Gasteiger partial charge in [-0.05, 0) is 31.1 Å². The molecule has 110 valence electrons. The van der Waals surface area contributed by atoms with Crippen molar-refractivity contribution in [1.29, 1.82) is 0 Å². The molecule has 0 aromatic carbocycles. The molecule has 1 saturated carbocycles. The molecule has 3 nitrogen and oxygen atoms in total. The van der Waals surface area contributed by atoms with E-state index in [1.54, 1.807) is 0 Å². The van der Waals surface area contributed by atoms with Gasteiger partial charge in [0.2, 0.25) is 0 Å². The van der Waals surface area contributed by atoms with Crippen LogP contribution in [-0.2, 0) is 4.79 Å². The summed E-state index contributed by atoms with van der Waals surface area (Å²) in [5, 5.41) is 9.39. The topological polar surface area (TPSA) is 40.5 Å². The molecule has 1 saturated heterocycles. The van der Waals surface area contributed by atoms with Gasteiger partial charge in [0, 0.05) is 19.1 Å². The first-order chi connectivity index (χ1) is 9.12. The summed E-state index contributed by atoms with van der Waals surface area (Å²) in [5.41, 5.74) is 0.504. The highest BCUT2D eigenvalue weighted by molar-refractivity contribution is 5.71. The van der Waals surface area contributed by atoms with Gasteiger partial charge >= 0.3 is 5.97 Å². The van der Waals surface area contributed by atoms with Gasteiger partial charge in [0.05, 0.1) is 5.92 Å². The average Bonchev–Trinajstić information content (AvgIpc) is 2.35. The summed E-state index contributed by atoms with van der Waals surface area (Å²) in [7, 11) is 0. The molecule has 2 unspecified atom stereocenters. The Bertz CT molecular complexity index is 302. The van der Waals surface area contributed by atoms with Crippen molar-refractivity contribution in [2.75, 3.05) is 13.1 Å². The smallest absolute Gasteiger partial charge is 0.308 e. The lowest BCUT2D eigenvalue weighted by Gasteiger charge is -2.55. The van der Waals surface area contributed by atoms with E-state index in [1.807, 2.05) is 0 Å². The zero-order valence-corrected chi connectivity index (χ0v) is 12.5. The van der Waals surface area contributed by atoms with Crippen molar-refractivity contribution >= 4 is 5.97 Å². The SMILES string of the molecule is CCCC1(CCC)CN(C2CCCCC2C(=O)O)C1. The molecule has 0 spiro atoms. The van der Waals surface area contributed by atoms with E-state index in [0.717, 1.165) is 32.4 Å². The van der Waals surface area contributed by atoms with Crippen LogP contribution < -0.4 is 0 Å². The second-order valence-electron chi connectivity index (χ2n) is 6.70. The maximum Gasteiger partial charge on any atom is 0.308 e. The second kappa shape index (κ2) is 6.25. The fraction of sp³-hybridized carbons (Fsp3) is 0.938. The van der Waals surface area contributed by atoms with Crippen molar-refractivity contribution in [3.05, 3.63) is 0 Å². The van der Waals surface area contributed by atoms with Gasteiger partial charge in [0.15, 0.2) is 0 Å². The standard InChI is InChI=1S/C16H29NO2/c1-3-9-16(10-4-2)11-17(12-16)14-8-6-5-7-13(14)15(18)19/h13-14H,3-12H2,1-2H3,(H,18,19). The molecule has 1 N–H and O–H groups in total. The Labute approximate surface area is 117 Å². The van der Waals surface area contributed by atoms with Gasteiger partial charge in [-0.1, -0.05) is 39.5 Å². The minimum atomic E-state index is -0.576. The molecule has 0 bridgehead atoms. The number of likely N-dealkylation sites (tertiary alicyclic amines) is 1. The van der Waals surface area contributed by atoms with Crippen LogP contribution in [0.2, 0.25) is 0 Å². The molecule has 0 radical (unpaired) electrons. The number of carboxylic acids is 1. The second-order valence-corrected chi connectivity index (χ2v) is 6.70. The first-order valence-corrected chi connectivity index (χ1v) is 8.09. The van der Waals surface area contributed by atoms with Crippen molar-refractivity contribution < 1.29 is 9.90 Å². The minimum Gasteiger partial charge on any atom is -0.481 e. The lowest BCUT2D eigenvalue weighted by Crippen LogP contribution is -2.62. The molecular formula is C16H29NO2. The van der Waals surface area contributed by atoms with E-state index in [-0.39, 0.29) is 5.92 Å². The summed E-state index contributed by atoms with van der Waals surface area (Å²) < 4.78 is 0. The van der Waals surface area contributed by atoms with Gasteiger partial charge in [0.25, 0.3) is 0 Å². The van der Waals surface area contributed by atoms with E-state index < -0.39 is 5.97 Å². The maximum absolute atomic E-state index is 11.4. The molecule has 3 heteroatoms. The monoisotopic (exact) mass is 267 g/mol. The molecule has 1 aliphatic carbocycles. The van der Waals surface area contributed by atoms with Crippen LogP contribution in [0.1, 0.15) is 65.2 Å². The van der Waals surface area contributed by atoms with Crippen LogP contribution in [-0.4, -0.2) is 35.1 Å². The molecule has 2 atom stereocenters. The Hall–Kier alpha value is -0.570. The van der Waals surface area contributed by atoms with Crippen molar-refractivity contribution in [2.45, 2.75) is 71.3 Å². The number of nitrogens with zero attached hydrogens (tertiary/aromatic N) is 1. The molecule has 0 aromatic rings. The average molecular weight is 267 g/mol. The molecule has 2 rings (SSSR count). The third-order valence-electron chi connectivity index (χ3n) is 5.15. The van der Waals surface area contributed by atoms with Crippen LogP contribution in [0.5, 0.6) is 0 Å². The molecule has 0 amide bonds. The zero-order chi connectivity index (χ0) is 13.9. The van der Waals surface area contributed by atoms with E-state index in [4.69, 9.17) is 0 Å². The van der Waals surface area contributed by atoms with E-state index in [0.29, 0.717) is 11.5 Å². The summed E-state index contributed by atoms with van der Waals surface area (Å²) in [6, 6.07) is 0.313. The first-order valence-electron chi connectivity index (χ1n) is 8.09. The fourth-order valence-corrected chi connectivity index (χ4v) is 4.39. The Morgan fingerprint density at radius 2 is 1.74 bits per heavy atom. The van der Waals surface area contributed by atoms with Gasteiger partial charge in [-0.15, -0.1) is 0 Å². The third-order valence-corrected chi connectivity index (χ3v) is 5.15. The predicted molar refractivity (Wildman–Crippen MR) is 77.2 cm³/mol. The maximum atomic E-state index is 11.4. The summed E-state index contributed by atoms with van der Waals surface area (Å²) in [5.74, 6) is -0.691. The largest absolute Gasteiger partial charge is 0.481 e. The third kappa shape index (κ3) is 3.13. The highest BCUT2D eigenvalue weighted by atomic mass is 16.4. The minimum absolute atomic E-state index is 0.116. The predicted octanol–water partition coefficient (Wildman–Crippen LogP) is 3.53. The number of rotatable bonds is 6. The highest BCUT2D eigenvalue weighted by Gasteiger charge is 2.47. The summed E-state index contributed by atoms with van der Waals surface area (Å²) in [6.45, 7) is 6.81. The molecule has 19 heavy (non-hydrogen) atoms. The Morgan fingerprint density at radius 3 is 2.26 bits per heavy atom. The van der Waals surface area contributed by atoms with Crippen LogP contribution in [0.3, 0.4) is 0 Å². The van der Waals surface area contributed by atoms with Gasteiger partial charge in [-0.25, -0.2) is 0 Å². The van der Waals surface area contributed by atoms with Gasteiger partial charge in [-0.2, -0.15) is 0 Å². The first kappa shape index (κ1) is 14.8. The lowest BCUT2D eigenvalue weighted by atomic mass is 9.70. The molecule has 2 aliphatic rings. The van der Waals surface area contributed by atoms with E-state index in [9.17, 15) is 9.90 Å². The fourth-order valence-electron chi connectivity index (χ4n) is 4.39. The van der Waals surface area contributed by atoms with E-state index >= 15 is 0 Å². The quantitative estimate of drug-likeness (QED) is 0.800. The zero-order valence-electron chi connectivity index (χ0n) is 12.5. The summed E-state index contributed by atoms with van der Waals surface area (Å²) >= 11 is 0. The Kier molecular flexibility index (Phi) is 4.88. The van der Waals surface area contributed by atoms with Crippen molar-refractivity contribution in [3.8, 4) is 0 Å². The number of hydrogen-bond acceptors (Lipinski definition) is 2. The molecule has 1 aliphatic heterocycles. The molecule has 2 fully saturated rings. The van der Waals surface area contributed by atoms with Crippen molar-refractivity contribution in [1.82, 2.24) is 4.90 Å². The van der Waals surface area contributed by atoms with Crippen molar-refractivity contribution in [2.24, 2.45) is 11.3 Å². The van der Waals surface area contributed by atoms with Crippen LogP contribution in [0.4, 0.5) is 0 Å². The Morgan fingerprint density at radius 1 is 1.16 bits per heavy atom. The number of aliphatic carboxylic acids is 1. The molecular weight excluding hydrogens is 238 g/mol. The van der Waals surface area contributed by atoms with Gasteiger partial charge in [-0.3, -0.25) is 9.69 Å². The van der Waals surface area contributed by atoms with E-state index in [1.165, 1.54) is 32.1 Å².